The standard InChI is InChI=1S/C23H25N7O2/c1-3-32-18-4-5-20-19(13-18)23(26-17-14-25-29(2)15-17)28-22(27-20)16-6-7-24-21(12-16)30-8-10-31-11-9-30/h4-7,12-15H,3,8-11H2,1-2H3,(H,26,27,28). The highest BCUT2D eigenvalue weighted by molar-refractivity contribution is 5.93. The maximum Gasteiger partial charge on any atom is 0.162 e. The first kappa shape index (κ1) is 20.2. The Hall–Kier alpha value is -3.72. The van der Waals surface area contributed by atoms with E-state index in [-0.39, 0.29) is 0 Å². The number of benzene rings is 1. The fourth-order valence-corrected chi connectivity index (χ4v) is 3.73. The largest absolute Gasteiger partial charge is 0.494 e. The highest BCUT2D eigenvalue weighted by Gasteiger charge is 2.16. The van der Waals surface area contributed by atoms with Crippen LogP contribution in [-0.2, 0) is 11.8 Å². The average Bonchev–Trinajstić information content (AvgIpc) is 3.24. The van der Waals surface area contributed by atoms with E-state index in [0.29, 0.717) is 31.5 Å². The Morgan fingerprint density at radius 1 is 1.12 bits per heavy atom. The number of fused-ring (bicyclic) bond motifs is 1. The minimum atomic E-state index is 0.594. The number of anilines is 3. The van der Waals surface area contributed by atoms with Crippen molar-refractivity contribution in [1.82, 2.24) is 24.7 Å². The van der Waals surface area contributed by atoms with Crippen LogP contribution in [0.1, 0.15) is 6.92 Å². The summed E-state index contributed by atoms with van der Waals surface area (Å²) >= 11 is 0. The van der Waals surface area contributed by atoms with Crippen molar-refractivity contribution in [3.63, 3.8) is 0 Å². The van der Waals surface area contributed by atoms with Crippen LogP contribution >= 0.6 is 0 Å². The lowest BCUT2D eigenvalue weighted by Gasteiger charge is -2.27. The Labute approximate surface area is 186 Å². The molecule has 3 aromatic heterocycles. The van der Waals surface area contributed by atoms with Gasteiger partial charge in [-0.15, -0.1) is 0 Å². The van der Waals surface area contributed by atoms with Gasteiger partial charge < -0.3 is 19.7 Å². The van der Waals surface area contributed by atoms with E-state index in [1.54, 1.807) is 17.1 Å². The smallest absolute Gasteiger partial charge is 0.162 e. The third kappa shape index (κ3) is 4.19. The van der Waals surface area contributed by atoms with Gasteiger partial charge >= 0.3 is 0 Å². The van der Waals surface area contributed by atoms with Gasteiger partial charge in [-0.2, -0.15) is 5.10 Å². The summed E-state index contributed by atoms with van der Waals surface area (Å²) in [7, 11) is 1.88. The first-order valence-electron chi connectivity index (χ1n) is 10.7. The zero-order valence-corrected chi connectivity index (χ0v) is 18.2. The summed E-state index contributed by atoms with van der Waals surface area (Å²) in [5.41, 5.74) is 2.59. The Bertz CT molecular complexity index is 1230. The molecule has 1 fully saturated rings. The van der Waals surface area contributed by atoms with E-state index in [9.17, 15) is 0 Å². The summed E-state index contributed by atoms with van der Waals surface area (Å²) in [5, 5.41) is 8.52. The summed E-state index contributed by atoms with van der Waals surface area (Å²) in [6, 6.07) is 9.83. The Balaban J connectivity index is 1.58. The number of aryl methyl sites for hydroxylation is 1. The molecule has 1 aromatic carbocycles. The fourth-order valence-electron chi connectivity index (χ4n) is 3.73. The van der Waals surface area contributed by atoms with Gasteiger partial charge in [-0.1, -0.05) is 0 Å². The highest BCUT2D eigenvalue weighted by Crippen LogP contribution is 2.31. The lowest BCUT2D eigenvalue weighted by Crippen LogP contribution is -2.36. The maximum absolute atomic E-state index is 5.70. The van der Waals surface area contributed by atoms with E-state index in [1.165, 1.54) is 0 Å². The van der Waals surface area contributed by atoms with Crippen LogP contribution < -0.4 is 15.0 Å². The van der Waals surface area contributed by atoms with Crippen LogP contribution in [0.3, 0.4) is 0 Å². The third-order valence-electron chi connectivity index (χ3n) is 5.28. The maximum atomic E-state index is 5.70. The molecule has 1 aliphatic rings. The second kappa shape index (κ2) is 8.80. The Kier molecular flexibility index (Phi) is 5.55. The molecule has 164 valence electrons. The number of morpholine rings is 1. The molecule has 0 amide bonds. The minimum Gasteiger partial charge on any atom is -0.494 e. The Morgan fingerprint density at radius 2 is 2.00 bits per heavy atom. The molecule has 4 aromatic rings. The van der Waals surface area contributed by atoms with E-state index in [2.05, 4.69) is 20.3 Å². The lowest BCUT2D eigenvalue weighted by molar-refractivity contribution is 0.122. The van der Waals surface area contributed by atoms with Crippen LogP contribution in [0.15, 0.2) is 48.9 Å². The molecule has 0 aliphatic carbocycles. The molecule has 1 saturated heterocycles. The number of hydrogen-bond donors (Lipinski definition) is 1. The van der Waals surface area contributed by atoms with Crippen molar-refractivity contribution in [1.29, 1.82) is 0 Å². The van der Waals surface area contributed by atoms with Gasteiger partial charge in [0.25, 0.3) is 0 Å². The topological polar surface area (TPSA) is 90.2 Å². The van der Waals surface area contributed by atoms with Gasteiger partial charge in [0.05, 0.1) is 37.2 Å². The van der Waals surface area contributed by atoms with Crippen LogP contribution in [0.4, 0.5) is 17.3 Å². The summed E-state index contributed by atoms with van der Waals surface area (Å²) in [6.45, 7) is 5.62. The van der Waals surface area contributed by atoms with Gasteiger partial charge in [-0.05, 0) is 37.3 Å². The van der Waals surface area contributed by atoms with Crippen LogP contribution in [-0.4, -0.2) is 57.6 Å². The van der Waals surface area contributed by atoms with Gasteiger partial charge in [0, 0.05) is 43.5 Å². The van der Waals surface area contributed by atoms with Crippen molar-refractivity contribution in [2.24, 2.45) is 7.05 Å². The van der Waals surface area contributed by atoms with Gasteiger partial charge in [0.1, 0.15) is 17.4 Å². The molecule has 0 radical (unpaired) electrons. The normalized spacial score (nSPS) is 14.0. The van der Waals surface area contributed by atoms with E-state index >= 15 is 0 Å². The monoisotopic (exact) mass is 431 g/mol. The first-order valence-corrected chi connectivity index (χ1v) is 10.7. The van der Waals surface area contributed by atoms with Crippen molar-refractivity contribution in [2.75, 3.05) is 43.1 Å². The molecule has 0 spiro atoms. The van der Waals surface area contributed by atoms with Gasteiger partial charge in [-0.25, -0.2) is 15.0 Å². The fraction of sp³-hybridized carbons (Fsp3) is 0.304. The number of ether oxygens (including phenoxy) is 2. The molecule has 0 bridgehead atoms. The summed E-state index contributed by atoms with van der Waals surface area (Å²) in [4.78, 5) is 16.5. The average molecular weight is 432 g/mol. The molecular formula is C23H25N7O2. The lowest BCUT2D eigenvalue weighted by atomic mass is 10.2. The Morgan fingerprint density at radius 3 is 2.78 bits per heavy atom. The van der Waals surface area contributed by atoms with Crippen molar-refractivity contribution in [3.8, 4) is 17.1 Å². The van der Waals surface area contributed by atoms with Crippen LogP contribution in [0.5, 0.6) is 5.75 Å². The molecule has 1 N–H and O–H groups in total. The summed E-state index contributed by atoms with van der Waals surface area (Å²) in [5.74, 6) is 3.02. The van der Waals surface area contributed by atoms with Crippen LogP contribution in [0, 0.1) is 0 Å². The van der Waals surface area contributed by atoms with Gasteiger partial charge in [0.15, 0.2) is 5.82 Å². The number of nitrogens with zero attached hydrogens (tertiary/aromatic N) is 6. The summed E-state index contributed by atoms with van der Waals surface area (Å²) in [6.07, 6.45) is 5.48. The number of rotatable bonds is 6. The predicted molar refractivity (Wildman–Crippen MR) is 123 cm³/mol. The van der Waals surface area contributed by atoms with Gasteiger partial charge in [-0.3, -0.25) is 4.68 Å². The zero-order chi connectivity index (χ0) is 21.9. The second-order valence-corrected chi connectivity index (χ2v) is 7.54. The van der Waals surface area contributed by atoms with Crippen LogP contribution in [0.2, 0.25) is 0 Å². The molecule has 32 heavy (non-hydrogen) atoms. The molecule has 9 heteroatoms. The molecule has 4 heterocycles. The quantitative estimate of drug-likeness (QED) is 0.497. The van der Waals surface area contributed by atoms with Crippen molar-refractivity contribution in [2.45, 2.75) is 6.92 Å². The number of hydrogen-bond acceptors (Lipinski definition) is 8. The third-order valence-corrected chi connectivity index (χ3v) is 5.28. The first-order chi connectivity index (χ1) is 15.7. The van der Waals surface area contributed by atoms with E-state index in [0.717, 1.165) is 46.8 Å². The van der Waals surface area contributed by atoms with E-state index in [4.69, 9.17) is 19.4 Å². The predicted octanol–water partition coefficient (Wildman–Crippen LogP) is 3.40. The number of nitrogens with one attached hydrogen (secondary N) is 1. The van der Waals surface area contributed by atoms with Crippen molar-refractivity contribution < 1.29 is 9.47 Å². The molecule has 1 aliphatic heterocycles. The molecule has 0 atom stereocenters. The van der Waals surface area contributed by atoms with Crippen molar-refractivity contribution in [3.05, 3.63) is 48.9 Å². The molecule has 0 unspecified atom stereocenters. The summed E-state index contributed by atoms with van der Waals surface area (Å²) < 4.78 is 12.9. The number of pyridine rings is 1. The van der Waals surface area contributed by atoms with E-state index < -0.39 is 0 Å². The molecule has 5 rings (SSSR count). The van der Waals surface area contributed by atoms with Crippen LogP contribution in [0.25, 0.3) is 22.3 Å². The van der Waals surface area contributed by atoms with Gasteiger partial charge in [0.2, 0.25) is 0 Å². The SMILES string of the molecule is CCOc1ccc2nc(-c3ccnc(N4CCOCC4)c3)nc(Nc3cnn(C)c3)c2c1. The highest BCUT2D eigenvalue weighted by atomic mass is 16.5. The molecule has 0 saturated carbocycles. The number of aromatic nitrogens is 5. The van der Waals surface area contributed by atoms with E-state index in [1.807, 2.05) is 50.5 Å². The van der Waals surface area contributed by atoms with Crippen molar-refractivity contribution >= 4 is 28.2 Å². The molecular weight excluding hydrogens is 406 g/mol. The minimum absolute atomic E-state index is 0.594. The zero-order valence-electron chi connectivity index (χ0n) is 18.2. The molecule has 9 nitrogen and oxygen atoms in total. The second-order valence-electron chi connectivity index (χ2n) is 7.54.